The van der Waals surface area contributed by atoms with Crippen LogP contribution in [0.4, 0.5) is 0 Å². The first kappa shape index (κ1) is 19.0. The number of methoxy groups -OCH3 is 1. The van der Waals surface area contributed by atoms with E-state index in [0.29, 0.717) is 6.61 Å². The molecule has 0 aromatic heterocycles. The number of hydrogen-bond donors (Lipinski definition) is 0. The summed E-state index contributed by atoms with van der Waals surface area (Å²) in [6, 6.07) is 8.31. The third-order valence-electron chi connectivity index (χ3n) is 4.55. The smallest absolute Gasteiger partial charge is 0.163 e. The van der Waals surface area contributed by atoms with E-state index in [1.807, 2.05) is 19.9 Å². The predicted molar refractivity (Wildman–Crippen MR) is 98.4 cm³/mol. The third kappa shape index (κ3) is 5.95. The molecule has 2 rings (SSSR count). The van der Waals surface area contributed by atoms with Gasteiger partial charge in [0.1, 0.15) is 5.75 Å². The highest BCUT2D eigenvalue weighted by atomic mass is 16.7. The van der Waals surface area contributed by atoms with Crippen LogP contribution in [0, 0.1) is 0 Å². The normalized spacial score (nSPS) is 23.5. The van der Waals surface area contributed by atoms with E-state index in [4.69, 9.17) is 14.2 Å². The monoisotopic (exact) mass is 332 g/mol. The Morgan fingerprint density at radius 1 is 1.29 bits per heavy atom. The molecule has 1 atom stereocenters. The van der Waals surface area contributed by atoms with Gasteiger partial charge in [-0.3, -0.25) is 0 Å². The highest BCUT2D eigenvalue weighted by molar-refractivity contribution is 5.28. The van der Waals surface area contributed by atoms with Gasteiger partial charge in [-0.25, -0.2) is 0 Å². The number of benzene rings is 1. The van der Waals surface area contributed by atoms with Gasteiger partial charge in [-0.05, 0) is 77.5 Å². The van der Waals surface area contributed by atoms with Crippen LogP contribution in [0.2, 0.25) is 0 Å². The number of hydrogen-bond acceptors (Lipinski definition) is 3. The van der Waals surface area contributed by atoms with Gasteiger partial charge < -0.3 is 14.2 Å². The number of aryl methyl sites for hydroxylation is 1. The molecule has 0 bridgehead atoms. The van der Waals surface area contributed by atoms with E-state index in [-0.39, 0.29) is 5.60 Å². The van der Waals surface area contributed by atoms with Gasteiger partial charge in [0.25, 0.3) is 0 Å². The second-order valence-electron chi connectivity index (χ2n) is 7.53. The Morgan fingerprint density at radius 2 is 2.08 bits per heavy atom. The van der Waals surface area contributed by atoms with Gasteiger partial charge >= 0.3 is 0 Å². The van der Waals surface area contributed by atoms with Gasteiger partial charge in [-0.2, -0.15) is 0 Å². The lowest BCUT2D eigenvalue weighted by Crippen LogP contribution is -2.30. The molecule has 134 valence electrons. The summed E-state index contributed by atoms with van der Waals surface area (Å²) >= 11 is 0. The molecule has 0 amide bonds. The molecule has 0 aliphatic carbocycles. The van der Waals surface area contributed by atoms with Crippen LogP contribution in [-0.2, 0) is 15.9 Å². The molecule has 0 spiro atoms. The van der Waals surface area contributed by atoms with Gasteiger partial charge in [-0.1, -0.05) is 23.8 Å². The lowest BCUT2D eigenvalue weighted by Gasteiger charge is -2.25. The van der Waals surface area contributed by atoms with Crippen molar-refractivity contribution in [2.24, 2.45) is 0 Å². The average Bonchev–Trinajstić information content (AvgIpc) is 2.81. The molecule has 1 aromatic rings. The summed E-state index contributed by atoms with van der Waals surface area (Å²) in [6.07, 6.45) is 7.78. The molecule has 0 saturated carbocycles. The largest absolute Gasteiger partial charge is 0.497 e. The number of ether oxygens (including phenoxy) is 3. The molecule has 24 heavy (non-hydrogen) atoms. The fraction of sp³-hybridized carbons (Fsp3) is 0.619. The Labute approximate surface area is 147 Å². The lowest BCUT2D eigenvalue weighted by molar-refractivity contribution is -0.158. The maximum Gasteiger partial charge on any atom is 0.163 e. The van der Waals surface area contributed by atoms with Crippen molar-refractivity contribution in [3.63, 3.8) is 0 Å². The summed E-state index contributed by atoms with van der Waals surface area (Å²) < 4.78 is 17.0. The van der Waals surface area contributed by atoms with Crippen LogP contribution in [0.25, 0.3) is 0 Å². The molecule has 1 saturated heterocycles. The molecular weight excluding hydrogens is 300 g/mol. The maximum atomic E-state index is 6.03. The quantitative estimate of drug-likeness (QED) is 0.606. The maximum absolute atomic E-state index is 6.03. The van der Waals surface area contributed by atoms with Gasteiger partial charge in [0, 0.05) is 0 Å². The van der Waals surface area contributed by atoms with Crippen molar-refractivity contribution in [3.8, 4) is 5.75 Å². The minimum absolute atomic E-state index is 0.135. The van der Waals surface area contributed by atoms with E-state index in [0.717, 1.165) is 37.9 Å². The zero-order valence-electron chi connectivity index (χ0n) is 15.9. The van der Waals surface area contributed by atoms with E-state index in [9.17, 15) is 0 Å². The summed E-state index contributed by atoms with van der Waals surface area (Å²) in [5, 5.41) is 0. The van der Waals surface area contributed by atoms with Gasteiger partial charge in [-0.15, -0.1) is 0 Å². The van der Waals surface area contributed by atoms with E-state index < -0.39 is 5.79 Å². The molecule has 1 heterocycles. The summed E-state index contributed by atoms with van der Waals surface area (Å²) in [7, 11) is 1.71. The van der Waals surface area contributed by atoms with E-state index in [1.165, 1.54) is 11.1 Å². The Kier molecular flexibility index (Phi) is 6.47. The van der Waals surface area contributed by atoms with Crippen molar-refractivity contribution in [1.82, 2.24) is 0 Å². The Balaban J connectivity index is 1.70. The minimum Gasteiger partial charge on any atom is -0.497 e. The van der Waals surface area contributed by atoms with Crippen molar-refractivity contribution in [3.05, 3.63) is 41.5 Å². The van der Waals surface area contributed by atoms with Gasteiger partial charge in [0.2, 0.25) is 0 Å². The van der Waals surface area contributed by atoms with Gasteiger partial charge in [0.15, 0.2) is 5.79 Å². The molecule has 1 aliphatic heterocycles. The van der Waals surface area contributed by atoms with Crippen molar-refractivity contribution < 1.29 is 14.2 Å². The van der Waals surface area contributed by atoms with Crippen LogP contribution in [0.5, 0.6) is 5.75 Å². The standard InChI is InChI=1S/C21H32O3/c1-17(9-6-11-18-12-7-13-19(15-18)22-5)10-8-14-21(4)16-23-20(2,3)24-21/h7,9,12-13,15H,6,8,10-11,14,16H2,1-5H3/b17-9+. The summed E-state index contributed by atoms with van der Waals surface area (Å²) in [4.78, 5) is 0. The molecule has 3 heteroatoms. The zero-order chi connectivity index (χ0) is 17.6. The predicted octanol–water partition coefficient (Wildman–Crippen LogP) is 5.29. The molecule has 1 fully saturated rings. The van der Waals surface area contributed by atoms with Crippen LogP contribution in [0.15, 0.2) is 35.9 Å². The first-order valence-electron chi connectivity index (χ1n) is 8.95. The zero-order valence-corrected chi connectivity index (χ0v) is 15.9. The molecular formula is C21H32O3. The van der Waals surface area contributed by atoms with E-state index >= 15 is 0 Å². The van der Waals surface area contributed by atoms with E-state index in [2.05, 4.69) is 38.1 Å². The summed E-state index contributed by atoms with van der Waals surface area (Å²) in [6.45, 7) is 9.05. The minimum atomic E-state index is -0.434. The van der Waals surface area contributed by atoms with Gasteiger partial charge in [0.05, 0.1) is 19.3 Å². The van der Waals surface area contributed by atoms with Crippen LogP contribution >= 0.6 is 0 Å². The fourth-order valence-electron chi connectivity index (χ4n) is 3.26. The SMILES string of the molecule is COc1cccc(CC/C=C(\C)CCCC2(C)COC(C)(C)O2)c1. The van der Waals surface area contributed by atoms with Crippen LogP contribution in [0.1, 0.15) is 58.9 Å². The number of rotatable bonds is 8. The Morgan fingerprint density at radius 3 is 2.75 bits per heavy atom. The van der Waals surface area contributed by atoms with Crippen LogP contribution in [0.3, 0.4) is 0 Å². The van der Waals surface area contributed by atoms with Crippen LogP contribution in [-0.4, -0.2) is 25.1 Å². The number of allylic oxidation sites excluding steroid dienone is 2. The fourth-order valence-corrected chi connectivity index (χ4v) is 3.26. The summed E-state index contributed by atoms with van der Waals surface area (Å²) in [5.41, 5.74) is 2.65. The Hall–Kier alpha value is -1.32. The molecule has 1 aromatic carbocycles. The van der Waals surface area contributed by atoms with Crippen LogP contribution < -0.4 is 4.74 Å². The molecule has 1 aliphatic rings. The summed E-state index contributed by atoms with van der Waals surface area (Å²) in [5.74, 6) is 0.499. The van der Waals surface area contributed by atoms with Crippen molar-refractivity contribution in [2.45, 2.75) is 71.2 Å². The Bertz CT molecular complexity index is 562. The molecule has 0 radical (unpaired) electrons. The van der Waals surface area contributed by atoms with Crippen molar-refractivity contribution in [2.75, 3.05) is 13.7 Å². The first-order valence-corrected chi connectivity index (χ1v) is 8.95. The second kappa shape index (κ2) is 8.17. The highest BCUT2D eigenvalue weighted by Crippen LogP contribution is 2.34. The van der Waals surface area contributed by atoms with Crippen molar-refractivity contribution in [1.29, 1.82) is 0 Å². The molecule has 1 unspecified atom stereocenters. The molecule has 3 nitrogen and oxygen atoms in total. The highest BCUT2D eigenvalue weighted by Gasteiger charge is 2.41. The average molecular weight is 332 g/mol. The van der Waals surface area contributed by atoms with E-state index in [1.54, 1.807) is 7.11 Å². The second-order valence-corrected chi connectivity index (χ2v) is 7.53. The first-order chi connectivity index (χ1) is 11.3. The lowest BCUT2D eigenvalue weighted by atomic mass is 9.97. The van der Waals surface area contributed by atoms with Crippen molar-refractivity contribution >= 4 is 0 Å². The third-order valence-corrected chi connectivity index (χ3v) is 4.55. The topological polar surface area (TPSA) is 27.7 Å². The molecule has 0 N–H and O–H groups in total.